The van der Waals surface area contributed by atoms with Crippen LogP contribution < -0.4 is 14.2 Å². The van der Waals surface area contributed by atoms with E-state index >= 15 is 0 Å². The second-order valence-corrected chi connectivity index (χ2v) is 9.50. The summed E-state index contributed by atoms with van der Waals surface area (Å²) in [5, 5.41) is 3.26. The average molecular weight is 419 g/mol. The third-order valence-electron chi connectivity index (χ3n) is 4.78. The summed E-state index contributed by atoms with van der Waals surface area (Å²) in [4.78, 5) is 2.20. The number of nitrogens with one attached hydrogen (secondary N) is 1. The number of thiophene rings is 1. The highest BCUT2D eigenvalue weighted by molar-refractivity contribution is 7.89. The molecule has 1 atom stereocenters. The Bertz CT molecular complexity index is 1090. The normalized spacial score (nSPS) is 15.1. The third-order valence-corrected chi connectivity index (χ3v) is 7.19. The van der Waals surface area contributed by atoms with Crippen molar-refractivity contribution < 1.29 is 17.9 Å². The predicted molar refractivity (Wildman–Crippen MR) is 111 cm³/mol. The molecule has 0 spiro atoms. The molecule has 1 aromatic heterocycles. The Balaban J connectivity index is 1.57. The number of likely N-dealkylation sites (N-methyl/N-ethyl adjacent to an activating group) is 1. The van der Waals surface area contributed by atoms with Crippen LogP contribution in [0.15, 0.2) is 52.7 Å². The minimum absolute atomic E-state index is 0.0804. The number of hydrogen-bond acceptors (Lipinski definition) is 6. The maximum Gasteiger partial charge on any atom is 0.240 e. The van der Waals surface area contributed by atoms with E-state index in [1.807, 2.05) is 31.1 Å². The molecule has 8 heteroatoms. The fourth-order valence-electron chi connectivity index (χ4n) is 3.29. The Morgan fingerprint density at radius 2 is 1.86 bits per heavy atom. The van der Waals surface area contributed by atoms with E-state index in [-0.39, 0.29) is 17.5 Å². The van der Waals surface area contributed by atoms with Crippen LogP contribution in [0.3, 0.4) is 0 Å². The van der Waals surface area contributed by atoms with Crippen molar-refractivity contribution in [2.45, 2.75) is 10.9 Å². The summed E-state index contributed by atoms with van der Waals surface area (Å²) < 4.78 is 40.6. The lowest BCUT2D eigenvalue weighted by Crippen LogP contribution is -2.34. The lowest BCUT2D eigenvalue weighted by Gasteiger charge is -2.25. The molecule has 0 bridgehead atoms. The van der Waals surface area contributed by atoms with Crippen LogP contribution in [0, 0.1) is 0 Å². The van der Waals surface area contributed by atoms with Crippen molar-refractivity contribution >= 4 is 31.4 Å². The van der Waals surface area contributed by atoms with Crippen molar-refractivity contribution in [1.82, 2.24) is 9.62 Å². The summed E-state index contributed by atoms with van der Waals surface area (Å²) in [6.07, 6.45) is 0. The van der Waals surface area contributed by atoms with E-state index in [1.165, 1.54) is 10.8 Å². The molecule has 4 rings (SSSR count). The predicted octanol–water partition coefficient (Wildman–Crippen LogP) is 3.25. The smallest absolute Gasteiger partial charge is 0.240 e. The summed E-state index contributed by atoms with van der Waals surface area (Å²) in [6, 6.07) is 12.8. The molecule has 3 aromatic rings. The summed E-state index contributed by atoms with van der Waals surface area (Å²) in [5.41, 5.74) is 1.12. The van der Waals surface area contributed by atoms with Crippen molar-refractivity contribution in [1.29, 1.82) is 0 Å². The second-order valence-electron chi connectivity index (χ2n) is 6.82. The van der Waals surface area contributed by atoms with Gasteiger partial charge in [0.15, 0.2) is 11.5 Å². The molecular formula is C20H22N2O4S2. The number of rotatable bonds is 6. The van der Waals surface area contributed by atoms with Crippen LogP contribution in [0.5, 0.6) is 11.5 Å². The van der Waals surface area contributed by atoms with Gasteiger partial charge in [-0.2, -0.15) is 0 Å². The van der Waals surface area contributed by atoms with Crippen LogP contribution in [0.4, 0.5) is 0 Å². The van der Waals surface area contributed by atoms with Gasteiger partial charge in [-0.3, -0.25) is 0 Å². The van der Waals surface area contributed by atoms with E-state index in [1.54, 1.807) is 23.5 Å². The monoisotopic (exact) mass is 418 g/mol. The minimum atomic E-state index is -3.68. The van der Waals surface area contributed by atoms with Gasteiger partial charge in [0, 0.05) is 23.4 Å². The van der Waals surface area contributed by atoms with E-state index in [4.69, 9.17) is 9.47 Å². The zero-order chi connectivity index (χ0) is 19.7. The van der Waals surface area contributed by atoms with Gasteiger partial charge in [0.25, 0.3) is 0 Å². The first-order valence-corrected chi connectivity index (χ1v) is 11.3. The molecule has 0 fully saturated rings. The van der Waals surface area contributed by atoms with Gasteiger partial charge in [0.05, 0.1) is 4.90 Å². The van der Waals surface area contributed by atoms with Crippen molar-refractivity contribution in [3.8, 4) is 11.5 Å². The second kappa shape index (κ2) is 7.71. The van der Waals surface area contributed by atoms with Crippen LogP contribution in [-0.4, -0.2) is 47.2 Å². The first-order chi connectivity index (χ1) is 13.5. The number of fused-ring (bicyclic) bond motifs is 2. The number of benzene rings is 2. The molecule has 0 saturated heterocycles. The van der Waals surface area contributed by atoms with Gasteiger partial charge in [-0.25, -0.2) is 13.1 Å². The number of ether oxygens (including phenoxy) is 2. The van der Waals surface area contributed by atoms with Crippen LogP contribution in [-0.2, 0) is 10.0 Å². The number of sulfonamides is 1. The third kappa shape index (κ3) is 3.73. The fourth-order valence-corrected chi connectivity index (χ4v) is 5.35. The average Bonchev–Trinajstić information content (AvgIpc) is 3.11. The van der Waals surface area contributed by atoms with E-state index in [9.17, 15) is 8.42 Å². The minimum Gasteiger partial charge on any atom is -0.486 e. The van der Waals surface area contributed by atoms with E-state index in [0.717, 1.165) is 10.9 Å². The summed E-state index contributed by atoms with van der Waals surface area (Å²) >= 11 is 1.67. The Labute approximate surface area is 168 Å². The van der Waals surface area contributed by atoms with Crippen LogP contribution in [0.25, 0.3) is 10.1 Å². The van der Waals surface area contributed by atoms with E-state index in [0.29, 0.717) is 24.7 Å². The molecule has 6 nitrogen and oxygen atoms in total. The highest BCUT2D eigenvalue weighted by atomic mass is 32.2. The van der Waals surface area contributed by atoms with Gasteiger partial charge in [-0.05, 0) is 48.6 Å². The maximum absolute atomic E-state index is 12.9. The van der Waals surface area contributed by atoms with Crippen molar-refractivity contribution in [2.24, 2.45) is 0 Å². The molecule has 0 radical (unpaired) electrons. The van der Waals surface area contributed by atoms with E-state index < -0.39 is 10.0 Å². The van der Waals surface area contributed by atoms with Crippen molar-refractivity contribution in [3.05, 3.63) is 53.4 Å². The quantitative estimate of drug-likeness (QED) is 0.666. The highest BCUT2D eigenvalue weighted by Crippen LogP contribution is 2.34. The van der Waals surface area contributed by atoms with Gasteiger partial charge in [0.2, 0.25) is 10.0 Å². The zero-order valence-corrected chi connectivity index (χ0v) is 17.3. The molecule has 2 aromatic carbocycles. The molecule has 2 heterocycles. The van der Waals surface area contributed by atoms with Gasteiger partial charge in [-0.15, -0.1) is 11.3 Å². The first-order valence-electron chi connectivity index (χ1n) is 8.97. The Hall–Kier alpha value is -2.13. The molecule has 28 heavy (non-hydrogen) atoms. The topological polar surface area (TPSA) is 67.9 Å². The molecule has 0 aliphatic carbocycles. The zero-order valence-electron chi connectivity index (χ0n) is 15.7. The highest BCUT2D eigenvalue weighted by Gasteiger charge is 2.23. The molecule has 148 valence electrons. The van der Waals surface area contributed by atoms with Crippen molar-refractivity contribution in [3.63, 3.8) is 0 Å². The molecule has 0 unspecified atom stereocenters. The van der Waals surface area contributed by atoms with Crippen molar-refractivity contribution in [2.75, 3.05) is 33.9 Å². The Morgan fingerprint density at radius 3 is 2.64 bits per heavy atom. The first kappa shape index (κ1) is 19.2. The largest absolute Gasteiger partial charge is 0.486 e. The number of nitrogens with zero attached hydrogens (tertiary/aromatic N) is 1. The lowest BCUT2D eigenvalue weighted by atomic mass is 10.1. The molecule has 0 amide bonds. The molecule has 1 aliphatic rings. The fraction of sp³-hybridized carbons (Fsp3) is 0.300. The molecular weight excluding hydrogens is 396 g/mol. The molecule has 0 saturated carbocycles. The maximum atomic E-state index is 12.9. The van der Waals surface area contributed by atoms with Crippen LogP contribution in [0.2, 0.25) is 0 Å². The standard InChI is InChI=1S/C20H22N2O4S2/c1-22(2)17(16-13-27-20-6-4-3-5-15(16)20)12-21-28(23,24)14-7-8-18-19(11-14)26-10-9-25-18/h3-8,11,13,17,21H,9-10,12H2,1-2H3/t17-/m1/s1. The SMILES string of the molecule is CN(C)[C@H](CNS(=O)(=O)c1ccc2c(c1)OCCO2)c1csc2ccccc12. The Morgan fingerprint density at radius 1 is 1.11 bits per heavy atom. The number of hydrogen-bond donors (Lipinski definition) is 1. The summed E-state index contributed by atoms with van der Waals surface area (Å²) in [6.45, 7) is 1.15. The summed E-state index contributed by atoms with van der Waals surface area (Å²) in [7, 11) is 0.232. The van der Waals surface area contributed by atoms with Crippen LogP contribution >= 0.6 is 11.3 Å². The van der Waals surface area contributed by atoms with Gasteiger partial charge >= 0.3 is 0 Å². The summed E-state index contributed by atoms with van der Waals surface area (Å²) in [5.74, 6) is 1.03. The molecule has 1 N–H and O–H groups in total. The van der Waals surface area contributed by atoms with Gasteiger partial charge in [-0.1, -0.05) is 18.2 Å². The van der Waals surface area contributed by atoms with E-state index in [2.05, 4.69) is 22.2 Å². The Kier molecular flexibility index (Phi) is 5.29. The van der Waals surface area contributed by atoms with Gasteiger partial charge in [0.1, 0.15) is 13.2 Å². The lowest BCUT2D eigenvalue weighted by molar-refractivity contribution is 0.171. The molecule has 1 aliphatic heterocycles. The van der Waals surface area contributed by atoms with Crippen LogP contribution in [0.1, 0.15) is 11.6 Å². The van der Waals surface area contributed by atoms with Gasteiger partial charge < -0.3 is 14.4 Å².